The van der Waals surface area contributed by atoms with E-state index in [1.165, 1.54) is 11.4 Å². The van der Waals surface area contributed by atoms with Crippen LogP contribution in [0.2, 0.25) is 0 Å². The Balaban J connectivity index is 2.39. The molecule has 0 saturated heterocycles. The molecule has 2 aromatic carbocycles. The molecular weight excluding hydrogens is 325 g/mol. The molecule has 2 rings (SSSR count). The Labute approximate surface area is 143 Å². The van der Waals surface area contributed by atoms with Gasteiger partial charge in [-0.3, -0.25) is 9.24 Å². The maximum atomic E-state index is 13.8. The number of para-hydroxylation sites is 1. The van der Waals surface area contributed by atoms with Crippen molar-refractivity contribution in [1.29, 1.82) is 0 Å². The number of rotatable bonds is 8. The van der Waals surface area contributed by atoms with Crippen molar-refractivity contribution in [3.05, 3.63) is 60.7 Å². The van der Waals surface area contributed by atoms with Crippen LogP contribution >= 0.6 is 18.1 Å². The van der Waals surface area contributed by atoms with Crippen LogP contribution in [0.1, 0.15) is 27.2 Å². The third-order valence-corrected chi connectivity index (χ3v) is 7.69. The van der Waals surface area contributed by atoms with Gasteiger partial charge in [0.15, 0.2) is 0 Å². The minimum absolute atomic E-state index is 0.111. The molecule has 1 atom stereocenters. The van der Waals surface area contributed by atoms with Crippen LogP contribution in [0.3, 0.4) is 0 Å². The van der Waals surface area contributed by atoms with Gasteiger partial charge in [-0.1, -0.05) is 43.3 Å². The second-order valence-corrected chi connectivity index (χ2v) is 9.70. The fraction of sp³-hybridized carbons (Fsp3) is 0.333. The molecule has 0 fully saturated rings. The molecule has 124 valence electrons. The van der Waals surface area contributed by atoms with Crippen LogP contribution in [-0.4, -0.2) is 12.6 Å². The first-order valence-electron chi connectivity index (χ1n) is 7.91. The Morgan fingerprint density at radius 3 is 2.13 bits per heavy atom. The highest BCUT2D eigenvalue weighted by atomic mass is 32.7. The summed E-state index contributed by atoms with van der Waals surface area (Å²) >= 11 is 1.32. The number of anilines is 1. The van der Waals surface area contributed by atoms with E-state index in [9.17, 15) is 4.57 Å². The van der Waals surface area contributed by atoms with E-state index in [1.807, 2.05) is 79.2 Å². The van der Waals surface area contributed by atoms with E-state index in [4.69, 9.17) is 4.52 Å². The van der Waals surface area contributed by atoms with E-state index in [0.717, 1.165) is 17.0 Å². The fourth-order valence-electron chi connectivity index (χ4n) is 2.21. The summed E-state index contributed by atoms with van der Waals surface area (Å²) in [5, 5.41) is 0. The number of nitrogens with zero attached hydrogens (tertiary/aromatic N) is 1. The largest absolute Gasteiger partial charge is 0.358 e. The molecule has 0 aliphatic rings. The van der Waals surface area contributed by atoms with Gasteiger partial charge in [-0.25, -0.2) is 0 Å². The van der Waals surface area contributed by atoms with Crippen molar-refractivity contribution < 1.29 is 9.09 Å². The van der Waals surface area contributed by atoms with Gasteiger partial charge in [0.2, 0.25) is 0 Å². The summed E-state index contributed by atoms with van der Waals surface area (Å²) in [5.74, 6) is 0. The van der Waals surface area contributed by atoms with Gasteiger partial charge in [-0.05, 0) is 55.9 Å². The lowest BCUT2D eigenvalue weighted by atomic mass is 10.3. The monoisotopic (exact) mass is 349 g/mol. The van der Waals surface area contributed by atoms with E-state index in [0.29, 0.717) is 6.54 Å². The van der Waals surface area contributed by atoms with Gasteiger partial charge in [0.25, 0.3) is 0 Å². The third-order valence-electron chi connectivity index (χ3n) is 3.09. The SMILES string of the molecule is CCCN(c1ccccc1)P(=O)(OC(C)C)Sc1ccccc1. The first kappa shape index (κ1) is 18.1. The van der Waals surface area contributed by atoms with Crippen molar-refractivity contribution in [2.24, 2.45) is 0 Å². The summed E-state index contributed by atoms with van der Waals surface area (Å²) in [4.78, 5) is 0.952. The topological polar surface area (TPSA) is 29.5 Å². The molecule has 23 heavy (non-hydrogen) atoms. The van der Waals surface area contributed by atoms with E-state index >= 15 is 0 Å². The van der Waals surface area contributed by atoms with Crippen LogP contribution in [0.25, 0.3) is 0 Å². The van der Waals surface area contributed by atoms with Crippen molar-refractivity contribution in [3.8, 4) is 0 Å². The molecule has 0 radical (unpaired) electrons. The van der Waals surface area contributed by atoms with Gasteiger partial charge in [-0.2, -0.15) is 0 Å². The second kappa shape index (κ2) is 8.58. The number of hydrogen-bond donors (Lipinski definition) is 0. The summed E-state index contributed by atoms with van der Waals surface area (Å²) in [7, 11) is 0. The molecule has 5 heteroatoms. The number of hydrogen-bond acceptors (Lipinski definition) is 3. The molecule has 0 aliphatic heterocycles. The zero-order chi connectivity index (χ0) is 16.7. The van der Waals surface area contributed by atoms with Gasteiger partial charge < -0.3 is 4.52 Å². The second-order valence-electron chi connectivity index (χ2n) is 5.49. The first-order chi connectivity index (χ1) is 11.0. The van der Waals surface area contributed by atoms with Crippen LogP contribution in [0.4, 0.5) is 5.69 Å². The van der Waals surface area contributed by atoms with Gasteiger partial charge in [0, 0.05) is 17.1 Å². The maximum absolute atomic E-state index is 13.8. The standard InChI is InChI=1S/C18H24NO2PS/c1-4-15-19(17-11-7-5-8-12-17)22(20,21-16(2)3)23-18-13-9-6-10-14-18/h5-14,16H,4,15H2,1-3H3. The highest BCUT2D eigenvalue weighted by molar-refractivity contribution is 8.57. The van der Waals surface area contributed by atoms with Crippen molar-refractivity contribution in [2.75, 3.05) is 11.2 Å². The Morgan fingerprint density at radius 2 is 1.61 bits per heavy atom. The predicted molar refractivity (Wildman–Crippen MR) is 100 cm³/mol. The molecule has 1 unspecified atom stereocenters. The van der Waals surface area contributed by atoms with Crippen LogP contribution < -0.4 is 4.67 Å². The van der Waals surface area contributed by atoms with Gasteiger partial charge >= 0.3 is 6.72 Å². The minimum atomic E-state index is -3.10. The van der Waals surface area contributed by atoms with Crippen LogP contribution in [0, 0.1) is 0 Å². The molecule has 2 aromatic rings. The normalized spacial score (nSPS) is 13.7. The van der Waals surface area contributed by atoms with Gasteiger partial charge in [-0.15, -0.1) is 0 Å². The van der Waals surface area contributed by atoms with E-state index in [1.54, 1.807) is 0 Å². The molecule has 0 bridgehead atoms. The van der Waals surface area contributed by atoms with Crippen molar-refractivity contribution in [3.63, 3.8) is 0 Å². The average molecular weight is 349 g/mol. The van der Waals surface area contributed by atoms with E-state index in [2.05, 4.69) is 6.92 Å². The van der Waals surface area contributed by atoms with Gasteiger partial charge in [0.1, 0.15) is 0 Å². The summed E-state index contributed by atoms with van der Waals surface area (Å²) < 4.78 is 21.6. The first-order valence-corrected chi connectivity index (χ1v) is 10.9. The smallest absolute Gasteiger partial charge is 0.303 e. The van der Waals surface area contributed by atoms with E-state index in [-0.39, 0.29) is 6.10 Å². The summed E-state index contributed by atoms with van der Waals surface area (Å²) in [6.45, 7) is 3.53. The van der Waals surface area contributed by atoms with Crippen LogP contribution in [0.15, 0.2) is 65.6 Å². The lowest BCUT2D eigenvalue weighted by Crippen LogP contribution is -2.22. The molecule has 0 N–H and O–H groups in total. The third kappa shape index (κ3) is 5.13. The molecule has 3 nitrogen and oxygen atoms in total. The average Bonchev–Trinajstić information content (AvgIpc) is 2.53. The number of benzene rings is 2. The molecule has 0 aromatic heterocycles. The molecular formula is C18H24NO2PS. The minimum Gasteiger partial charge on any atom is -0.303 e. The highest BCUT2D eigenvalue weighted by Crippen LogP contribution is 2.66. The highest BCUT2D eigenvalue weighted by Gasteiger charge is 2.34. The van der Waals surface area contributed by atoms with Gasteiger partial charge in [0.05, 0.1) is 6.10 Å². The Morgan fingerprint density at radius 1 is 1.04 bits per heavy atom. The van der Waals surface area contributed by atoms with Crippen molar-refractivity contribution >= 4 is 23.8 Å². The molecule has 0 saturated carbocycles. The molecule has 0 heterocycles. The van der Waals surface area contributed by atoms with Crippen LogP contribution in [0.5, 0.6) is 0 Å². The predicted octanol–water partition coefficient (Wildman–Crippen LogP) is 6.23. The zero-order valence-electron chi connectivity index (χ0n) is 13.9. The Kier molecular flexibility index (Phi) is 6.76. The lowest BCUT2D eigenvalue weighted by molar-refractivity contribution is 0.251. The quantitative estimate of drug-likeness (QED) is 0.528. The summed E-state index contributed by atoms with van der Waals surface area (Å²) in [6.07, 6.45) is 0.787. The van der Waals surface area contributed by atoms with E-state index < -0.39 is 6.72 Å². The fourth-order valence-corrected chi connectivity index (χ4v) is 7.04. The Bertz CT molecular complexity index is 634. The summed E-state index contributed by atoms with van der Waals surface area (Å²) in [6, 6.07) is 19.7. The van der Waals surface area contributed by atoms with Crippen LogP contribution in [-0.2, 0) is 9.09 Å². The molecule has 0 spiro atoms. The molecule has 0 amide bonds. The zero-order valence-corrected chi connectivity index (χ0v) is 15.6. The molecule has 0 aliphatic carbocycles. The van der Waals surface area contributed by atoms with Crippen molar-refractivity contribution in [1.82, 2.24) is 0 Å². The maximum Gasteiger partial charge on any atom is 0.358 e. The van der Waals surface area contributed by atoms with Crippen molar-refractivity contribution in [2.45, 2.75) is 38.2 Å². The Hall–Kier alpha value is -1.22. The summed E-state index contributed by atoms with van der Waals surface area (Å²) in [5.41, 5.74) is 0.932. The lowest BCUT2D eigenvalue weighted by Gasteiger charge is -2.33.